The number of hydrogen-bond acceptors (Lipinski definition) is 3. The van der Waals surface area contributed by atoms with Crippen molar-refractivity contribution in [1.29, 1.82) is 0 Å². The van der Waals surface area contributed by atoms with Crippen molar-refractivity contribution >= 4 is 22.7 Å². The summed E-state index contributed by atoms with van der Waals surface area (Å²) in [5.74, 6) is -0.167. The van der Waals surface area contributed by atoms with E-state index < -0.39 is 6.04 Å². The monoisotopic (exact) mass is 503 g/mol. The van der Waals surface area contributed by atoms with Gasteiger partial charge in [0, 0.05) is 54.5 Å². The van der Waals surface area contributed by atoms with Crippen LogP contribution in [0.15, 0.2) is 48.5 Å². The van der Waals surface area contributed by atoms with Crippen LogP contribution in [0, 0.1) is 12.8 Å². The van der Waals surface area contributed by atoms with E-state index in [4.69, 9.17) is 4.74 Å². The molecule has 2 amide bonds. The molecule has 198 valence electrons. The van der Waals surface area contributed by atoms with Gasteiger partial charge < -0.3 is 19.5 Å². The van der Waals surface area contributed by atoms with Gasteiger partial charge in [-0.05, 0) is 43.4 Å². The summed E-state index contributed by atoms with van der Waals surface area (Å²) in [5, 5.41) is 4.24. The molecule has 0 fully saturated rings. The first-order valence-corrected chi connectivity index (χ1v) is 13.7. The van der Waals surface area contributed by atoms with Gasteiger partial charge in [0.05, 0.1) is 6.04 Å². The number of aryl methyl sites for hydroxylation is 1. The van der Waals surface area contributed by atoms with Crippen LogP contribution in [0.25, 0.3) is 10.9 Å². The molecule has 2 aromatic carbocycles. The number of benzene rings is 2. The van der Waals surface area contributed by atoms with Crippen LogP contribution in [0.1, 0.15) is 79.7 Å². The van der Waals surface area contributed by atoms with Crippen molar-refractivity contribution in [2.45, 2.75) is 65.5 Å². The van der Waals surface area contributed by atoms with Crippen molar-refractivity contribution in [3.8, 4) is 0 Å². The Morgan fingerprint density at radius 3 is 2.51 bits per heavy atom. The Hall–Kier alpha value is -3.12. The fraction of sp³-hybridized carbons (Fsp3) is 0.484. The van der Waals surface area contributed by atoms with E-state index in [1.54, 1.807) is 0 Å². The quantitative estimate of drug-likeness (QED) is 0.319. The fourth-order valence-electron chi connectivity index (χ4n) is 5.53. The third-order valence-corrected chi connectivity index (χ3v) is 7.88. The van der Waals surface area contributed by atoms with Crippen LogP contribution >= 0.6 is 0 Å². The molecule has 6 nitrogen and oxygen atoms in total. The predicted molar refractivity (Wildman–Crippen MR) is 149 cm³/mol. The van der Waals surface area contributed by atoms with Crippen LogP contribution < -0.4 is 5.32 Å². The molecule has 0 spiro atoms. The highest BCUT2D eigenvalue weighted by Gasteiger charge is 2.46. The van der Waals surface area contributed by atoms with Crippen molar-refractivity contribution in [2.24, 2.45) is 13.0 Å². The highest BCUT2D eigenvalue weighted by atomic mass is 16.5. The molecule has 37 heavy (non-hydrogen) atoms. The Morgan fingerprint density at radius 1 is 1.05 bits per heavy atom. The number of rotatable bonds is 12. The maximum Gasteiger partial charge on any atom is 0.255 e. The third-order valence-electron chi connectivity index (χ3n) is 7.88. The third kappa shape index (κ3) is 5.17. The summed E-state index contributed by atoms with van der Waals surface area (Å²) in [7, 11) is 2.07. The molecule has 0 saturated carbocycles. The van der Waals surface area contributed by atoms with E-state index in [0.29, 0.717) is 18.7 Å². The summed E-state index contributed by atoms with van der Waals surface area (Å²) in [6.07, 6.45) is 3.70. The van der Waals surface area contributed by atoms with Crippen LogP contribution in [0.4, 0.5) is 0 Å². The van der Waals surface area contributed by atoms with Gasteiger partial charge in [-0.15, -0.1) is 0 Å². The van der Waals surface area contributed by atoms with E-state index in [2.05, 4.69) is 56.8 Å². The lowest BCUT2D eigenvalue weighted by Crippen LogP contribution is -2.52. The maximum atomic E-state index is 14.0. The summed E-state index contributed by atoms with van der Waals surface area (Å²) >= 11 is 0. The second-order valence-electron chi connectivity index (χ2n) is 10.2. The number of carbonyl (C=O) groups excluding carboxylic acids is 2. The van der Waals surface area contributed by atoms with Crippen LogP contribution in [0.2, 0.25) is 0 Å². The minimum absolute atomic E-state index is 0.00292. The van der Waals surface area contributed by atoms with E-state index in [1.165, 1.54) is 0 Å². The fourth-order valence-corrected chi connectivity index (χ4v) is 5.53. The summed E-state index contributed by atoms with van der Waals surface area (Å²) in [6, 6.07) is 15.2. The number of para-hydroxylation sites is 1. The zero-order chi connectivity index (χ0) is 26.5. The molecule has 2 heterocycles. The van der Waals surface area contributed by atoms with Gasteiger partial charge in [-0.25, -0.2) is 0 Å². The van der Waals surface area contributed by atoms with Crippen LogP contribution in [0.5, 0.6) is 0 Å². The van der Waals surface area contributed by atoms with Gasteiger partial charge in [-0.2, -0.15) is 0 Å². The first kappa shape index (κ1) is 26.9. The number of nitrogens with zero attached hydrogens (tertiary/aromatic N) is 2. The molecule has 1 aliphatic heterocycles. The van der Waals surface area contributed by atoms with Gasteiger partial charge in [-0.1, -0.05) is 70.0 Å². The minimum atomic E-state index is -0.575. The van der Waals surface area contributed by atoms with E-state index in [-0.39, 0.29) is 23.8 Å². The molecule has 1 aliphatic rings. The van der Waals surface area contributed by atoms with Gasteiger partial charge in [0.25, 0.3) is 5.91 Å². The lowest BCUT2D eigenvalue weighted by molar-refractivity contribution is -0.127. The zero-order valence-electron chi connectivity index (χ0n) is 22.9. The van der Waals surface area contributed by atoms with E-state index in [1.807, 2.05) is 41.3 Å². The second kappa shape index (κ2) is 12.0. The molecule has 3 aromatic rings. The van der Waals surface area contributed by atoms with E-state index in [0.717, 1.165) is 60.0 Å². The Bertz CT molecular complexity index is 1250. The molecule has 3 unspecified atom stereocenters. The molecule has 6 heteroatoms. The lowest BCUT2D eigenvalue weighted by atomic mass is 9.91. The Labute approximate surface area is 221 Å². The van der Waals surface area contributed by atoms with Crippen LogP contribution in [-0.2, 0) is 16.6 Å². The predicted octanol–water partition coefficient (Wildman–Crippen LogP) is 5.77. The Morgan fingerprint density at radius 2 is 1.76 bits per heavy atom. The first-order valence-electron chi connectivity index (χ1n) is 13.7. The number of unbranched alkanes of at least 4 members (excludes halogenated alkanes) is 1. The van der Waals surface area contributed by atoms with Crippen molar-refractivity contribution in [2.75, 3.05) is 19.8 Å². The maximum absolute atomic E-state index is 14.0. The van der Waals surface area contributed by atoms with Gasteiger partial charge in [0.15, 0.2) is 0 Å². The van der Waals surface area contributed by atoms with Gasteiger partial charge in [-0.3, -0.25) is 9.59 Å². The standard InChI is InChI=1S/C31H41N3O3/c1-6-8-19-37-20-13-18-32-30(35)28(21(3)7-2)34-29(23-14-9-10-15-24(23)31(34)36)27-22(4)33(5)26-17-12-11-16-25(26)27/h9-12,14-17,21,28-29H,6-8,13,18-20H2,1-5H3,(H,32,35). The minimum Gasteiger partial charge on any atom is -0.381 e. The first-order chi connectivity index (χ1) is 17.9. The SMILES string of the molecule is CCCCOCCCNC(=O)C(C(C)CC)N1C(=O)c2ccccc2C1c1c(C)n(C)c2ccccc12. The van der Waals surface area contributed by atoms with Crippen molar-refractivity contribution in [3.05, 3.63) is 70.9 Å². The Kier molecular flexibility index (Phi) is 8.70. The van der Waals surface area contributed by atoms with Crippen molar-refractivity contribution in [1.82, 2.24) is 14.8 Å². The number of fused-ring (bicyclic) bond motifs is 2. The molecule has 4 rings (SSSR count). The van der Waals surface area contributed by atoms with Gasteiger partial charge >= 0.3 is 0 Å². The summed E-state index contributed by atoms with van der Waals surface area (Å²) in [5.41, 5.74) is 4.98. The molecule has 1 N–H and O–H groups in total. The van der Waals surface area contributed by atoms with Crippen molar-refractivity contribution < 1.29 is 14.3 Å². The largest absolute Gasteiger partial charge is 0.381 e. The zero-order valence-corrected chi connectivity index (χ0v) is 22.9. The van der Waals surface area contributed by atoms with Gasteiger partial charge in [0.2, 0.25) is 5.91 Å². The van der Waals surface area contributed by atoms with Crippen molar-refractivity contribution in [3.63, 3.8) is 0 Å². The smallest absolute Gasteiger partial charge is 0.255 e. The number of carbonyl (C=O) groups is 2. The van der Waals surface area contributed by atoms with Crippen LogP contribution in [-0.4, -0.2) is 47.1 Å². The highest BCUT2D eigenvalue weighted by Crippen LogP contribution is 2.45. The summed E-state index contributed by atoms with van der Waals surface area (Å²) in [4.78, 5) is 29.6. The number of hydrogen-bond donors (Lipinski definition) is 1. The average molecular weight is 504 g/mol. The molecule has 0 aliphatic carbocycles. The molecular formula is C31H41N3O3. The molecule has 0 saturated heterocycles. The molecule has 0 bridgehead atoms. The molecule has 3 atom stereocenters. The summed E-state index contributed by atoms with van der Waals surface area (Å²) in [6.45, 7) is 10.3. The average Bonchev–Trinajstić information content (AvgIpc) is 3.33. The van der Waals surface area contributed by atoms with E-state index in [9.17, 15) is 9.59 Å². The normalized spacial score (nSPS) is 16.7. The molecule has 0 radical (unpaired) electrons. The van der Waals surface area contributed by atoms with Gasteiger partial charge in [0.1, 0.15) is 6.04 Å². The number of ether oxygens (including phenoxy) is 1. The van der Waals surface area contributed by atoms with E-state index >= 15 is 0 Å². The number of nitrogens with one attached hydrogen (secondary N) is 1. The second-order valence-corrected chi connectivity index (χ2v) is 10.2. The molecule has 1 aromatic heterocycles. The molecular weight excluding hydrogens is 462 g/mol. The summed E-state index contributed by atoms with van der Waals surface area (Å²) < 4.78 is 7.84. The Balaban J connectivity index is 1.70. The topological polar surface area (TPSA) is 63.6 Å². The number of aromatic nitrogens is 1. The van der Waals surface area contributed by atoms with Crippen LogP contribution in [0.3, 0.4) is 0 Å². The highest BCUT2D eigenvalue weighted by molar-refractivity contribution is 6.03. The number of amides is 2. The lowest BCUT2D eigenvalue weighted by Gasteiger charge is -2.36.